The summed E-state index contributed by atoms with van der Waals surface area (Å²) in [6.07, 6.45) is 8.11. The van der Waals surface area contributed by atoms with Crippen molar-refractivity contribution in [2.45, 2.75) is 50.7 Å². The van der Waals surface area contributed by atoms with Gasteiger partial charge >= 0.3 is 0 Å². The maximum absolute atomic E-state index is 3.98. The van der Waals surface area contributed by atoms with Crippen LogP contribution in [0.1, 0.15) is 30.4 Å². The van der Waals surface area contributed by atoms with Crippen molar-refractivity contribution >= 4 is 0 Å². The molecule has 1 aromatic carbocycles. The number of fused-ring (bicyclic) bond motifs is 5. The number of piperidine rings is 1. The Hall–Kier alpha value is -1.79. The van der Waals surface area contributed by atoms with Crippen LogP contribution in [0.4, 0.5) is 0 Å². The van der Waals surface area contributed by atoms with Crippen LogP contribution in [0.25, 0.3) is 0 Å². The summed E-state index contributed by atoms with van der Waals surface area (Å²) in [6, 6.07) is 10.5. The summed E-state index contributed by atoms with van der Waals surface area (Å²) in [7, 11) is 0. The maximum atomic E-state index is 3.98. The van der Waals surface area contributed by atoms with Gasteiger partial charge in [0.1, 0.15) is 6.33 Å². The lowest BCUT2D eigenvalue weighted by atomic mass is 9.95. The van der Waals surface area contributed by atoms with Crippen LogP contribution in [0, 0.1) is 5.92 Å². The van der Waals surface area contributed by atoms with Crippen LogP contribution in [0.2, 0.25) is 0 Å². The van der Waals surface area contributed by atoms with Gasteiger partial charge in [0.2, 0.25) is 0 Å². The molecule has 3 fully saturated rings. The molecule has 26 heavy (non-hydrogen) atoms. The molecule has 3 saturated heterocycles. The third-order valence-corrected chi connectivity index (χ3v) is 6.63. The Morgan fingerprint density at radius 2 is 1.77 bits per heavy atom. The fraction of sp³-hybridized carbons (Fsp3) is 0.650. The van der Waals surface area contributed by atoms with Gasteiger partial charge in [0.15, 0.2) is 0 Å². The summed E-state index contributed by atoms with van der Waals surface area (Å²) in [5.41, 5.74) is 3.15. The van der Waals surface area contributed by atoms with Gasteiger partial charge in [-0.15, -0.1) is 5.10 Å². The SMILES string of the molecule is c1ccc2c(c1)CC(N1C[C@@H]3CC[C@H](C1)N(CCCn1cnnn1)C3)C2. The third-order valence-electron chi connectivity index (χ3n) is 6.63. The van der Waals surface area contributed by atoms with Crippen molar-refractivity contribution in [2.24, 2.45) is 5.92 Å². The first-order chi connectivity index (χ1) is 12.8. The molecule has 0 amide bonds. The smallest absolute Gasteiger partial charge is 0.138 e. The van der Waals surface area contributed by atoms with E-state index in [1.807, 2.05) is 4.68 Å². The van der Waals surface area contributed by atoms with Gasteiger partial charge in [0, 0.05) is 44.8 Å². The predicted molar refractivity (Wildman–Crippen MR) is 99.7 cm³/mol. The Bertz CT molecular complexity index is 705. The molecule has 4 heterocycles. The van der Waals surface area contributed by atoms with Crippen molar-refractivity contribution < 1.29 is 0 Å². The summed E-state index contributed by atoms with van der Waals surface area (Å²) in [4.78, 5) is 5.57. The van der Waals surface area contributed by atoms with Crippen molar-refractivity contribution in [3.8, 4) is 0 Å². The second-order valence-corrected chi connectivity index (χ2v) is 8.30. The number of aryl methyl sites for hydroxylation is 1. The van der Waals surface area contributed by atoms with E-state index in [4.69, 9.17) is 0 Å². The van der Waals surface area contributed by atoms with E-state index < -0.39 is 0 Å². The van der Waals surface area contributed by atoms with E-state index in [0.717, 1.165) is 31.0 Å². The Balaban J connectivity index is 1.20. The highest BCUT2D eigenvalue weighted by Crippen LogP contribution is 2.33. The number of aromatic nitrogens is 4. The number of nitrogens with zero attached hydrogens (tertiary/aromatic N) is 6. The minimum atomic E-state index is 0.719. The number of benzene rings is 1. The molecule has 2 aromatic rings. The van der Waals surface area contributed by atoms with Crippen molar-refractivity contribution in [1.82, 2.24) is 30.0 Å². The number of rotatable bonds is 5. The molecule has 138 valence electrons. The lowest BCUT2D eigenvalue weighted by Crippen LogP contribution is -2.45. The molecule has 0 unspecified atom stereocenters. The third kappa shape index (κ3) is 3.28. The number of tetrazole rings is 1. The average Bonchev–Trinajstić information content (AvgIpc) is 3.24. The molecular formula is C20H28N6. The van der Waals surface area contributed by atoms with Crippen molar-refractivity contribution in [1.29, 1.82) is 0 Å². The highest BCUT2D eigenvalue weighted by atomic mass is 15.5. The minimum absolute atomic E-state index is 0.719. The van der Waals surface area contributed by atoms with Crippen LogP contribution in [-0.2, 0) is 19.4 Å². The van der Waals surface area contributed by atoms with E-state index in [-0.39, 0.29) is 0 Å². The van der Waals surface area contributed by atoms with Crippen molar-refractivity contribution in [2.75, 3.05) is 26.2 Å². The molecule has 2 bridgehead atoms. The first-order valence-corrected chi connectivity index (χ1v) is 10.1. The zero-order valence-corrected chi connectivity index (χ0v) is 15.4. The van der Waals surface area contributed by atoms with Crippen molar-refractivity contribution in [3.05, 3.63) is 41.7 Å². The van der Waals surface area contributed by atoms with Gasteiger partial charge in [-0.2, -0.15) is 0 Å². The number of hydrogen-bond donors (Lipinski definition) is 0. The molecule has 2 atom stereocenters. The lowest BCUT2D eigenvalue weighted by molar-refractivity contribution is 0.124. The first-order valence-electron chi connectivity index (χ1n) is 10.1. The van der Waals surface area contributed by atoms with Crippen LogP contribution in [-0.4, -0.2) is 68.3 Å². The van der Waals surface area contributed by atoms with E-state index >= 15 is 0 Å². The minimum Gasteiger partial charge on any atom is -0.299 e. The zero-order chi connectivity index (χ0) is 17.3. The molecule has 4 aliphatic rings. The molecule has 3 aliphatic heterocycles. The van der Waals surface area contributed by atoms with E-state index in [9.17, 15) is 0 Å². The highest BCUT2D eigenvalue weighted by Gasteiger charge is 2.38. The Labute approximate surface area is 155 Å². The molecule has 1 aromatic heterocycles. The van der Waals surface area contributed by atoms with E-state index in [2.05, 4.69) is 49.6 Å². The first kappa shape index (κ1) is 16.4. The maximum Gasteiger partial charge on any atom is 0.138 e. The summed E-state index contributed by atoms with van der Waals surface area (Å²) in [5, 5.41) is 11.4. The summed E-state index contributed by atoms with van der Waals surface area (Å²) in [6.45, 7) is 5.90. The van der Waals surface area contributed by atoms with Crippen LogP contribution in [0.3, 0.4) is 0 Å². The Kier molecular flexibility index (Phi) is 4.46. The Morgan fingerprint density at radius 1 is 0.923 bits per heavy atom. The van der Waals surface area contributed by atoms with Crippen LogP contribution < -0.4 is 0 Å². The normalized spacial score (nSPS) is 26.9. The second-order valence-electron chi connectivity index (χ2n) is 8.30. The summed E-state index contributed by atoms with van der Waals surface area (Å²) < 4.78 is 1.85. The average molecular weight is 352 g/mol. The molecule has 0 saturated carbocycles. The molecule has 1 aliphatic carbocycles. The van der Waals surface area contributed by atoms with Gasteiger partial charge < -0.3 is 0 Å². The van der Waals surface area contributed by atoms with Gasteiger partial charge in [0.25, 0.3) is 0 Å². The second kappa shape index (κ2) is 7.08. The topological polar surface area (TPSA) is 50.1 Å². The fourth-order valence-electron chi connectivity index (χ4n) is 5.30. The quantitative estimate of drug-likeness (QED) is 0.819. The van der Waals surface area contributed by atoms with Gasteiger partial charge in [0.05, 0.1) is 0 Å². The monoisotopic (exact) mass is 352 g/mol. The fourth-order valence-corrected chi connectivity index (χ4v) is 5.30. The predicted octanol–water partition coefficient (Wildman–Crippen LogP) is 1.63. The number of hydrogen-bond acceptors (Lipinski definition) is 5. The molecule has 0 radical (unpaired) electrons. The zero-order valence-electron chi connectivity index (χ0n) is 15.4. The standard InChI is InChI=1S/C20H28N6/c1-2-5-18-11-20(10-17(18)4-1)25-13-16-6-7-19(14-25)24(12-16)8-3-9-26-15-21-22-23-26/h1-2,4-5,15-16,19-20H,3,6-14H2/t16-,19-/m1/s1. The molecule has 0 N–H and O–H groups in total. The summed E-state index contributed by atoms with van der Waals surface area (Å²) >= 11 is 0. The molecular weight excluding hydrogens is 324 g/mol. The lowest BCUT2D eigenvalue weighted by Gasteiger charge is -2.36. The van der Waals surface area contributed by atoms with E-state index in [1.54, 1.807) is 17.5 Å². The Morgan fingerprint density at radius 3 is 2.54 bits per heavy atom. The molecule has 6 heteroatoms. The van der Waals surface area contributed by atoms with E-state index in [1.165, 1.54) is 51.9 Å². The van der Waals surface area contributed by atoms with Crippen LogP contribution >= 0.6 is 0 Å². The van der Waals surface area contributed by atoms with E-state index in [0.29, 0.717) is 0 Å². The van der Waals surface area contributed by atoms with Crippen LogP contribution in [0.15, 0.2) is 30.6 Å². The van der Waals surface area contributed by atoms with Gasteiger partial charge in [-0.3, -0.25) is 9.80 Å². The molecule has 6 rings (SSSR count). The van der Waals surface area contributed by atoms with Crippen molar-refractivity contribution in [3.63, 3.8) is 0 Å². The van der Waals surface area contributed by atoms with Gasteiger partial charge in [-0.25, -0.2) is 4.68 Å². The van der Waals surface area contributed by atoms with Crippen LogP contribution in [0.5, 0.6) is 0 Å². The highest BCUT2D eigenvalue weighted by molar-refractivity contribution is 5.33. The van der Waals surface area contributed by atoms with Gasteiger partial charge in [-0.1, -0.05) is 24.3 Å². The van der Waals surface area contributed by atoms with Gasteiger partial charge in [-0.05, 0) is 59.6 Å². The summed E-state index contributed by atoms with van der Waals surface area (Å²) in [5.74, 6) is 0.838. The largest absolute Gasteiger partial charge is 0.299 e. The molecule has 0 spiro atoms. The molecule has 6 nitrogen and oxygen atoms in total.